The highest BCUT2D eigenvalue weighted by atomic mass is 127. The smallest absolute Gasteiger partial charge is 0.0574 e. The number of hydrogen-bond donors (Lipinski definition) is 2. The van der Waals surface area contributed by atoms with Crippen LogP contribution in [0.1, 0.15) is 6.92 Å². The van der Waals surface area contributed by atoms with Gasteiger partial charge in [0.2, 0.25) is 0 Å². The van der Waals surface area contributed by atoms with Crippen molar-refractivity contribution in [1.82, 2.24) is 0 Å². The Morgan fingerprint density at radius 1 is 1.53 bits per heavy atom. The standard InChI is InChI=1S/C10H15IN2OS/c1-2-15(14)6-5-13-10-4-3-8(11)7-9(10)12/h3-4,7,13H,2,5-6,12H2,1H3. The first-order valence-corrected chi connectivity index (χ1v) is 7.34. The summed E-state index contributed by atoms with van der Waals surface area (Å²) < 4.78 is 12.3. The molecule has 1 unspecified atom stereocenters. The molecule has 3 nitrogen and oxygen atoms in total. The molecule has 0 aromatic heterocycles. The van der Waals surface area contributed by atoms with Crippen molar-refractivity contribution in [2.24, 2.45) is 0 Å². The second-order valence-electron chi connectivity index (χ2n) is 3.09. The molecule has 0 spiro atoms. The van der Waals surface area contributed by atoms with E-state index in [2.05, 4.69) is 27.9 Å². The van der Waals surface area contributed by atoms with Crippen LogP contribution in [-0.2, 0) is 10.8 Å². The number of anilines is 2. The molecule has 0 radical (unpaired) electrons. The third-order valence-electron chi connectivity index (χ3n) is 1.98. The van der Waals surface area contributed by atoms with Crippen molar-refractivity contribution in [2.45, 2.75) is 6.92 Å². The third-order valence-corrected chi connectivity index (χ3v) is 3.96. The lowest BCUT2D eigenvalue weighted by atomic mass is 10.3. The van der Waals surface area contributed by atoms with Crippen molar-refractivity contribution in [3.8, 4) is 0 Å². The van der Waals surface area contributed by atoms with Gasteiger partial charge in [-0.05, 0) is 40.8 Å². The number of halogens is 1. The largest absolute Gasteiger partial charge is 0.397 e. The van der Waals surface area contributed by atoms with Crippen LogP contribution in [-0.4, -0.2) is 22.3 Å². The average molecular weight is 338 g/mol. The monoisotopic (exact) mass is 338 g/mol. The van der Waals surface area contributed by atoms with Gasteiger partial charge < -0.3 is 11.1 Å². The molecule has 0 saturated carbocycles. The number of nitrogens with two attached hydrogens (primary N) is 1. The minimum Gasteiger partial charge on any atom is -0.397 e. The third kappa shape index (κ3) is 4.38. The van der Waals surface area contributed by atoms with Gasteiger partial charge >= 0.3 is 0 Å². The maximum Gasteiger partial charge on any atom is 0.0574 e. The van der Waals surface area contributed by atoms with Gasteiger partial charge in [-0.1, -0.05) is 6.92 Å². The first-order chi connectivity index (χ1) is 7.13. The van der Waals surface area contributed by atoms with Crippen molar-refractivity contribution >= 4 is 44.8 Å². The maximum absolute atomic E-state index is 11.2. The van der Waals surface area contributed by atoms with E-state index in [-0.39, 0.29) is 0 Å². The van der Waals surface area contributed by atoms with Crippen LogP contribution in [0.5, 0.6) is 0 Å². The second kappa shape index (κ2) is 6.32. The van der Waals surface area contributed by atoms with Gasteiger partial charge in [0.1, 0.15) is 0 Å². The zero-order chi connectivity index (χ0) is 11.3. The van der Waals surface area contributed by atoms with Gasteiger partial charge in [0.25, 0.3) is 0 Å². The number of nitrogens with one attached hydrogen (secondary N) is 1. The Hall–Kier alpha value is -0.300. The fourth-order valence-corrected chi connectivity index (χ4v) is 2.27. The summed E-state index contributed by atoms with van der Waals surface area (Å²) in [7, 11) is -0.716. The summed E-state index contributed by atoms with van der Waals surface area (Å²) in [6, 6.07) is 5.86. The lowest BCUT2D eigenvalue weighted by molar-refractivity contribution is 0.684. The predicted octanol–water partition coefficient (Wildman–Crippen LogP) is 2.05. The molecule has 0 aliphatic carbocycles. The highest BCUT2D eigenvalue weighted by Gasteiger charge is 2.00. The van der Waals surface area contributed by atoms with Crippen molar-refractivity contribution < 1.29 is 4.21 Å². The summed E-state index contributed by atoms with van der Waals surface area (Å²) in [5.74, 6) is 1.38. The summed E-state index contributed by atoms with van der Waals surface area (Å²) in [5.41, 5.74) is 7.49. The van der Waals surface area contributed by atoms with E-state index in [1.807, 2.05) is 25.1 Å². The van der Waals surface area contributed by atoms with E-state index in [1.165, 1.54) is 0 Å². The summed E-state index contributed by atoms with van der Waals surface area (Å²) >= 11 is 2.22. The molecule has 3 N–H and O–H groups in total. The number of hydrogen-bond acceptors (Lipinski definition) is 3. The van der Waals surface area contributed by atoms with E-state index in [1.54, 1.807) is 0 Å². The zero-order valence-electron chi connectivity index (χ0n) is 8.63. The van der Waals surface area contributed by atoms with Crippen LogP contribution < -0.4 is 11.1 Å². The van der Waals surface area contributed by atoms with E-state index in [0.717, 1.165) is 14.9 Å². The Labute approximate surface area is 106 Å². The molecule has 0 aliphatic heterocycles. The Bertz CT molecular complexity index is 357. The van der Waals surface area contributed by atoms with Crippen LogP contribution in [0.3, 0.4) is 0 Å². The average Bonchev–Trinajstić information content (AvgIpc) is 2.21. The minimum absolute atomic E-state index is 0.669. The molecule has 0 bridgehead atoms. The van der Waals surface area contributed by atoms with Gasteiger partial charge in [0, 0.05) is 32.4 Å². The Morgan fingerprint density at radius 3 is 2.87 bits per heavy atom. The van der Waals surface area contributed by atoms with Crippen LogP contribution >= 0.6 is 22.6 Å². The Morgan fingerprint density at radius 2 is 2.27 bits per heavy atom. The second-order valence-corrected chi connectivity index (χ2v) is 6.20. The summed E-state index contributed by atoms with van der Waals surface area (Å²) in [6.07, 6.45) is 0. The first kappa shape index (κ1) is 12.8. The zero-order valence-corrected chi connectivity index (χ0v) is 11.6. The van der Waals surface area contributed by atoms with E-state index in [0.29, 0.717) is 18.1 Å². The van der Waals surface area contributed by atoms with Crippen molar-refractivity contribution in [2.75, 3.05) is 29.1 Å². The van der Waals surface area contributed by atoms with E-state index in [9.17, 15) is 4.21 Å². The Kier molecular flexibility index (Phi) is 5.38. The molecule has 84 valence electrons. The molecule has 0 aliphatic rings. The van der Waals surface area contributed by atoms with Gasteiger partial charge in [0.05, 0.1) is 11.4 Å². The molecule has 15 heavy (non-hydrogen) atoms. The normalized spacial score (nSPS) is 12.4. The van der Waals surface area contributed by atoms with Gasteiger partial charge in [-0.25, -0.2) is 0 Å². The van der Waals surface area contributed by atoms with Gasteiger partial charge in [0.15, 0.2) is 0 Å². The highest BCUT2D eigenvalue weighted by molar-refractivity contribution is 14.1. The summed E-state index contributed by atoms with van der Waals surface area (Å²) in [6.45, 7) is 2.63. The molecule has 1 rings (SSSR count). The molecular formula is C10H15IN2OS. The minimum atomic E-state index is -0.716. The molecule has 1 atom stereocenters. The fourth-order valence-electron chi connectivity index (χ4n) is 1.14. The van der Waals surface area contributed by atoms with Crippen LogP contribution in [0.25, 0.3) is 0 Å². The molecule has 1 aromatic rings. The van der Waals surface area contributed by atoms with Gasteiger partial charge in [-0.2, -0.15) is 0 Å². The van der Waals surface area contributed by atoms with E-state index in [4.69, 9.17) is 5.73 Å². The van der Waals surface area contributed by atoms with Crippen LogP contribution in [0.2, 0.25) is 0 Å². The highest BCUT2D eigenvalue weighted by Crippen LogP contribution is 2.20. The summed E-state index contributed by atoms with van der Waals surface area (Å²) in [5, 5.41) is 3.18. The van der Waals surface area contributed by atoms with Crippen LogP contribution in [0.4, 0.5) is 11.4 Å². The molecule has 0 heterocycles. The first-order valence-electron chi connectivity index (χ1n) is 4.77. The number of benzene rings is 1. The molecule has 0 fully saturated rings. The SMILES string of the molecule is CCS(=O)CCNc1ccc(I)cc1N. The summed E-state index contributed by atoms with van der Waals surface area (Å²) in [4.78, 5) is 0. The van der Waals surface area contributed by atoms with E-state index >= 15 is 0 Å². The topological polar surface area (TPSA) is 55.1 Å². The molecule has 0 saturated heterocycles. The van der Waals surface area contributed by atoms with Gasteiger partial charge in [-0.15, -0.1) is 0 Å². The number of rotatable bonds is 5. The predicted molar refractivity (Wildman–Crippen MR) is 75.6 cm³/mol. The van der Waals surface area contributed by atoms with Crippen LogP contribution in [0, 0.1) is 3.57 Å². The van der Waals surface area contributed by atoms with Crippen molar-refractivity contribution in [3.63, 3.8) is 0 Å². The van der Waals surface area contributed by atoms with Crippen molar-refractivity contribution in [1.29, 1.82) is 0 Å². The van der Waals surface area contributed by atoms with Crippen LogP contribution in [0.15, 0.2) is 18.2 Å². The lowest BCUT2D eigenvalue weighted by Gasteiger charge is -2.08. The molecule has 1 aromatic carbocycles. The molecule has 0 amide bonds. The fraction of sp³-hybridized carbons (Fsp3) is 0.400. The maximum atomic E-state index is 11.2. The van der Waals surface area contributed by atoms with Gasteiger partial charge in [-0.3, -0.25) is 4.21 Å². The van der Waals surface area contributed by atoms with E-state index < -0.39 is 10.8 Å². The Balaban J connectivity index is 2.47. The molecular weight excluding hydrogens is 323 g/mol. The number of nitrogen functional groups attached to an aromatic ring is 1. The lowest BCUT2D eigenvalue weighted by Crippen LogP contribution is -2.12. The van der Waals surface area contributed by atoms with Crippen molar-refractivity contribution in [3.05, 3.63) is 21.8 Å². The quantitative estimate of drug-likeness (QED) is 0.638. The molecule has 5 heteroatoms.